The molecule has 2 heterocycles. The Balaban J connectivity index is 1.78. The molecule has 22 heavy (non-hydrogen) atoms. The first kappa shape index (κ1) is 15.1. The van der Waals surface area contributed by atoms with Gasteiger partial charge >= 0.3 is 0 Å². The fourth-order valence-electron chi connectivity index (χ4n) is 3.00. The van der Waals surface area contributed by atoms with Crippen LogP contribution in [0.1, 0.15) is 30.8 Å². The van der Waals surface area contributed by atoms with Gasteiger partial charge in [-0.3, -0.25) is 4.90 Å². The van der Waals surface area contributed by atoms with Crippen LogP contribution in [0.25, 0.3) is 11.3 Å². The summed E-state index contributed by atoms with van der Waals surface area (Å²) in [4.78, 5) is 11.8. The first-order chi connectivity index (χ1) is 10.7. The van der Waals surface area contributed by atoms with E-state index in [9.17, 15) is 0 Å². The number of aryl methyl sites for hydroxylation is 1. The van der Waals surface area contributed by atoms with Crippen molar-refractivity contribution < 1.29 is 0 Å². The number of likely N-dealkylation sites (tertiary alicyclic amines) is 1. The molecule has 0 spiro atoms. The van der Waals surface area contributed by atoms with Crippen molar-refractivity contribution in [2.75, 3.05) is 13.1 Å². The predicted octanol–water partition coefficient (Wildman–Crippen LogP) is 2.77. The largest absolute Gasteiger partial charge is 0.328 e. The average Bonchev–Trinajstić information content (AvgIpc) is 2.72. The van der Waals surface area contributed by atoms with Crippen LogP contribution in [0.5, 0.6) is 0 Å². The second-order valence-corrected chi connectivity index (χ2v) is 6.14. The van der Waals surface area contributed by atoms with Gasteiger partial charge in [0.25, 0.3) is 0 Å². The van der Waals surface area contributed by atoms with E-state index < -0.39 is 0 Å². The Hall–Kier alpha value is -1.78. The van der Waals surface area contributed by atoms with E-state index in [1.54, 1.807) is 0 Å². The molecule has 1 unspecified atom stereocenters. The molecule has 2 N–H and O–H groups in total. The monoisotopic (exact) mass is 296 g/mol. The van der Waals surface area contributed by atoms with Crippen LogP contribution in [0.3, 0.4) is 0 Å². The molecule has 4 nitrogen and oxygen atoms in total. The zero-order valence-electron chi connectivity index (χ0n) is 13.2. The van der Waals surface area contributed by atoms with Gasteiger partial charge in [0.05, 0.1) is 12.2 Å². The first-order valence-corrected chi connectivity index (χ1v) is 8.08. The first-order valence-electron chi connectivity index (χ1n) is 8.08. The Labute approximate surface area is 132 Å². The van der Waals surface area contributed by atoms with Gasteiger partial charge in [0, 0.05) is 23.8 Å². The van der Waals surface area contributed by atoms with Gasteiger partial charge in [-0.1, -0.05) is 30.3 Å². The van der Waals surface area contributed by atoms with E-state index in [1.807, 2.05) is 25.1 Å². The zero-order chi connectivity index (χ0) is 15.4. The van der Waals surface area contributed by atoms with Gasteiger partial charge in [-0.2, -0.15) is 0 Å². The molecule has 0 bridgehead atoms. The molecule has 116 valence electrons. The highest BCUT2D eigenvalue weighted by Gasteiger charge is 2.15. The average molecular weight is 296 g/mol. The van der Waals surface area contributed by atoms with E-state index in [1.165, 1.54) is 6.42 Å². The Bertz CT molecular complexity index is 612. The highest BCUT2D eigenvalue weighted by molar-refractivity contribution is 5.58. The third-order valence-corrected chi connectivity index (χ3v) is 4.20. The smallest absolute Gasteiger partial charge is 0.143 e. The van der Waals surface area contributed by atoms with E-state index in [4.69, 9.17) is 10.7 Å². The third-order valence-electron chi connectivity index (χ3n) is 4.20. The summed E-state index contributed by atoms with van der Waals surface area (Å²) in [5, 5.41) is 0. The molecule has 0 saturated carbocycles. The highest BCUT2D eigenvalue weighted by Crippen LogP contribution is 2.18. The van der Waals surface area contributed by atoms with E-state index in [0.29, 0.717) is 6.04 Å². The Morgan fingerprint density at radius 1 is 1.14 bits per heavy atom. The summed E-state index contributed by atoms with van der Waals surface area (Å²) >= 11 is 0. The summed E-state index contributed by atoms with van der Waals surface area (Å²) < 4.78 is 0. The summed E-state index contributed by atoms with van der Waals surface area (Å²) in [7, 11) is 0. The minimum Gasteiger partial charge on any atom is -0.328 e. The number of aromatic nitrogens is 2. The lowest BCUT2D eigenvalue weighted by Gasteiger charge is -2.19. The lowest BCUT2D eigenvalue weighted by Crippen LogP contribution is -2.27. The van der Waals surface area contributed by atoms with Crippen LogP contribution in [0.4, 0.5) is 0 Å². The molecule has 1 fully saturated rings. The van der Waals surface area contributed by atoms with Crippen molar-refractivity contribution in [2.45, 2.75) is 38.8 Å². The fourth-order valence-corrected chi connectivity index (χ4v) is 3.00. The minimum atomic E-state index is 0.350. The minimum absolute atomic E-state index is 0.350. The summed E-state index contributed by atoms with van der Waals surface area (Å²) in [6.45, 7) is 4.98. The van der Waals surface area contributed by atoms with E-state index in [2.05, 4.69) is 28.1 Å². The van der Waals surface area contributed by atoms with Crippen LogP contribution >= 0.6 is 0 Å². The topological polar surface area (TPSA) is 55.0 Å². The van der Waals surface area contributed by atoms with Crippen molar-refractivity contribution in [3.63, 3.8) is 0 Å². The van der Waals surface area contributed by atoms with Crippen LogP contribution in [-0.4, -0.2) is 34.0 Å². The Kier molecular flexibility index (Phi) is 4.80. The lowest BCUT2D eigenvalue weighted by molar-refractivity contribution is 0.269. The van der Waals surface area contributed by atoms with Crippen LogP contribution in [0.2, 0.25) is 0 Å². The van der Waals surface area contributed by atoms with Crippen LogP contribution < -0.4 is 5.73 Å². The van der Waals surface area contributed by atoms with Crippen molar-refractivity contribution in [1.82, 2.24) is 14.9 Å². The zero-order valence-corrected chi connectivity index (χ0v) is 13.2. The predicted molar refractivity (Wildman–Crippen MR) is 89.3 cm³/mol. The van der Waals surface area contributed by atoms with Crippen molar-refractivity contribution >= 4 is 0 Å². The summed E-state index contributed by atoms with van der Waals surface area (Å²) in [5.41, 5.74) is 9.23. The molecule has 4 heteroatoms. The Morgan fingerprint density at radius 2 is 1.95 bits per heavy atom. The molecule has 1 saturated heterocycles. The SMILES string of the molecule is Cc1cc(-c2ccccc2)nc(CN2CCCC(N)CC2)n1. The lowest BCUT2D eigenvalue weighted by atomic mass is 10.1. The maximum absolute atomic E-state index is 6.06. The second-order valence-electron chi connectivity index (χ2n) is 6.14. The number of nitrogens with two attached hydrogens (primary N) is 1. The summed E-state index contributed by atoms with van der Waals surface area (Å²) in [6.07, 6.45) is 3.36. The summed E-state index contributed by atoms with van der Waals surface area (Å²) in [6, 6.07) is 12.7. The van der Waals surface area contributed by atoms with Gasteiger partial charge < -0.3 is 5.73 Å². The molecule has 1 aliphatic rings. The number of hydrogen-bond acceptors (Lipinski definition) is 4. The van der Waals surface area contributed by atoms with Crippen LogP contribution in [-0.2, 0) is 6.54 Å². The van der Waals surface area contributed by atoms with Crippen molar-refractivity contribution in [3.05, 3.63) is 47.9 Å². The summed E-state index contributed by atoms with van der Waals surface area (Å²) in [5.74, 6) is 0.911. The van der Waals surface area contributed by atoms with Crippen molar-refractivity contribution in [1.29, 1.82) is 0 Å². The van der Waals surface area contributed by atoms with Gasteiger partial charge in [-0.15, -0.1) is 0 Å². The molecular weight excluding hydrogens is 272 g/mol. The van der Waals surface area contributed by atoms with Gasteiger partial charge in [-0.25, -0.2) is 9.97 Å². The van der Waals surface area contributed by atoms with Crippen molar-refractivity contribution in [2.24, 2.45) is 5.73 Å². The number of nitrogens with zero attached hydrogens (tertiary/aromatic N) is 3. The molecule has 0 aliphatic carbocycles. The number of benzene rings is 1. The quantitative estimate of drug-likeness (QED) is 0.946. The molecule has 0 amide bonds. The highest BCUT2D eigenvalue weighted by atomic mass is 15.1. The molecular formula is C18H24N4. The molecule has 2 aromatic rings. The Morgan fingerprint density at radius 3 is 2.77 bits per heavy atom. The molecule has 1 aromatic carbocycles. The second kappa shape index (κ2) is 6.99. The van der Waals surface area contributed by atoms with Gasteiger partial charge in [-0.05, 0) is 38.8 Å². The number of rotatable bonds is 3. The van der Waals surface area contributed by atoms with E-state index >= 15 is 0 Å². The number of hydrogen-bond donors (Lipinski definition) is 1. The molecule has 3 rings (SSSR count). The fraction of sp³-hybridized carbons (Fsp3) is 0.444. The van der Waals surface area contributed by atoms with Crippen LogP contribution in [0.15, 0.2) is 36.4 Å². The van der Waals surface area contributed by atoms with Crippen molar-refractivity contribution in [3.8, 4) is 11.3 Å². The maximum Gasteiger partial charge on any atom is 0.143 e. The molecule has 1 aliphatic heterocycles. The normalized spacial score (nSPS) is 19.8. The molecule has 0 radical (unpaired) electrons. The van der Waals surface area contributed by atoms with Gasteiger partial charge in [0.2, 0.25) is 0 Å². The van der Waals surface area contributed by atoms with Gasteiger partial charge in [0.15, 0.2) is 0 Å². The standard InChI is InChI=1S/C18H24N4/c1-14-12-17(15-6-3-2-4-7-15)21-18(20-14)13-22-10-5-8-16(19)9-11-22/h2-4,6-7,12,16H,5,8-11,13,19H2,1H3. The van der Waals surface area contributed by atoms with Crippen LogP contribution in [0, 0.1) is 6.92 Å². The maximum atomic E-state index is 6.06. The molecule has 1 atom stereocenters. The van der Waals surface area contributed by atoms with Gasteiger partial charge in [0.1, 0.15) is 5.82 Å². The molecule has 1 aromatic heterocycles. The third kappa shape index (κ3) is 3.90. The van der Waals surface area contributed by atoms with E-state index in [-0.39, 0.29) is 0 Å². The van der Waals surface area contributed by atoms with E-state index in [0.717, 1.165) is 55.3 Å².